The molecule has 4 rings (SSSR count). The predicted octanol–water partition coefficient (Wildman–Crippen LogP) is 4.23. The summed E-state index contributed by atoms with van der Waals surface area (Å²) in [5.74, 6) is 1.66. The number of rotatable bonds is 6. The van der Waals surface area contributed by atoms with Gasteiger partial charge in [0.05, 0.1) is 7.11 Å². The van der Waals surface area contributed by atoms with Gasteiger partial charge >= 0.3 is 0 Å². The Hall–Kier alpha value is -2.15. The van der Waals surface area contributed by atoms with E-state index in [9.17, 15) is 0 Å². The van der Waals surface area contributed by atoms with Crippen molar-refractivity contribution in [1.29, 1.82) is 0 Å². The molecule has 1 aliphatic heterocycles. The lowest BCUT2D eigenvalue weighted by molar-refractivity contribution is 0.261. The first-order chi connectivity index (χ1) is 13.7. The molecule has 0 spiro atoms. The minimum absolute atomic E-state index is 0.708. The molecule has 0 N–H and O–H groups in total. The van der Waals surface area contributed by atoms with Crippen LogP contribution in [0, 0.1) is 0 Å². The van der Waals surface area contributed by atoms with Crippen molar-refractivity contribution in [2.45, 2.75) is 6.42 Å². The zero-order valence-electron chi connectivity index (χ0n) is 15.8. The van der Waals surface area contributed by atoms with E-state index < -0.39 is 0 Å². The highest BCUT2D eigenvalue weighted by molar-refractivity contribution is 7.09. The fourth-order valence-electron chi connectivity index (χ4n) is 3.33. The van der Waals surface area contributed by atoms with Gasteiger partial charge in [-0.1, -0.05) is 35.9 Å². The lowest BCUT2D eigenvalue weighted by atomic mass is 10.1. The molecule has 1 saturated heterocycles. The third kappa shape index (κ3) is 4.63. The van der Waals surface area contributed by atoms with Crippen LogP contribution in [0.1, 0.15) is 5.56 Å². The Morgan fingerprint density at radius 2 is 1.86 bits per heavy atom. The number of anilines is 1. The van der Waals surface area contributed by atoms with Crippen molar-refractivity contribution in [3.05, 3.63) is 59.1 Å². The number of piperazine rings is 1. The van der Waals surface area contributed by atoms with Crippen molar-refractivity contribution in [2.24, 2.45) is 0 Å². The monoisotopic (exact) mass is 414 g/mol. The van der Waals surface area contributed by atoms with Crippen LogP contribution < -0.4 is 9.64 Å². The number of halogens is 1. The number of methoxy groups -OCH3 is 1. The number of hydrogen-bond acceptors (Lipinski definition) is 6. The van der Waals surface area contributed by atoms with Crippen molar-refractivity contribution in [2.75, 3.05) is 44.7 Å². The van der Waals surface area contributed by atoms with E-state index in [-0.39, 0.29) is 0 Å². The molecule has 1 aliphatic rings. The standard InChI is InChI=1S/C21H23ClN4OS/c1-27-19-7-5-16(6-8-19)9-10-25-11-13-26(14-12-25)21-23-20(24-28-21)17-3-2-4-18(22)15-17/h2-8,15H,9-14H2,1H3. The van der Waals surface area contributed by atoms with E-state index in [0.717, 1.165) is 61.4 Å². The maximum absolute atomic E-state index is 6.08. The van der Waals surface area contributed by atoms with Gasteiger partial charge in [-0.05, 0) is 36.2 Å². The molecule has 2 aromatic carbocycles. The van der Waals surface area contributed by atoms with Gasteiger partial charge in [-0.25, -0.2) is 0 Å². The molecule has 0 aliphatic carbocycles. The summed E-state index contributed by atoms with van der Waals surface area (Å²) in [4.78, 5) is 9.57. The largest absolute Gasteiger partial charge is 0.497 e. The molecule has 2 heterocycles. The maximum Gasteiger partial charge on any atom is 0.205 e. The van der Waals surface area contributed by atoms with Crippen molar-refractivity contribution >= 4 is 28.3 Å². The van der Waals surface area contributed by atoms with Crippen LogP contribution in [-0.4, -0.2) is 54.1 Å². The van der Waals surface area contributed by atoms with Crippen LogP contribution in [0.15, 0.2) is 48.5 Å². The summed E-state index contributed by atoms with van der Waals surface area (Å²) < 4.78 is 9.74. The molecule has 0 amide bonds. The molecule has 0 bridgehead atoms. The van der Waals surface area contributed by atoms with Crippen molar-refractivity contribution in [3.8, 4) is 17.1 Å². The molecule has 3 aromatic rings. The first-order valence-corrected chi connectivity index (χ1v) is 10.6. The SMILES string of the molecule is COc1ccc(CCN2CCN(c3nc(-c4cccc(Cl)c4)ns3)CC2)cc1. The lowest BCUT2D eigenvalue weighted by Crippen LogP contribution is -2.47. The Bertz CT molecular complexity index is 907. The number of ether oxygens (including phenoxy) is 1. The number of hydrogen-bond donors (Lipinski definition) is 0. The van der Waals surface area contributed by atoms with E-state index in [0.29, 0.717) is 5.02 Å². The second-order valence-corrected chi connectivity index (χ2v) is 8.00. The molecule has 28 heavy (non-hydrogen) atoms. The van der Waals surface area contributed by atoms with Gasteiger partial charge in [0.1, 0.15) is 5.75 Å². The zero-order chi connectivity index (χ0) is 19.3. The second kappa shape index (κ2) is 8.90. The first kappa shape index (κ1) is 19.2. The van der Waals surface area contributed by atoms with Crippen LogP contribution in [0.25, 0.3) is 11.4 Å². The number of aromatic nitrogens is 2. The number of nitrogens with zero attached hydrogens (tertiary/aromatic N) is 4. The summed E-state index contributed by atoms with van der Waals surface area (Å²) in [6, 6.07) is 16.0. The van der Waals surface area contributed by atoms with Gasteiger partial charge in [-0.2, -0.15) is 9.36 Å². The van der Waals surface area contributed by atoms with Gasteiger partial charge in [0.15, 0.2) is 5.82 Å². The van der Waals surface area contributed by atoms with Crippen LogP contribution >= 0.6 is 23.1 Å². The minimum atomic E-state index is 0.708. The van der Waals surface area contributed by atoms with Gasteiger partial charge in [-0.15, -0.1) is 0 Å². The average Bonchev–Trinajstić information content (AvgIpc) is 3.23. The van der Waals surface area contributed by atoms with Gasteiger partial charge in [0.2, 0.25) is 5.13 Å². The molecule has 1 fully saturated rings. The van der Waals surface area contributed by atoms with Crippen LogP contribution in [0.5, 0.6) is 5.75 Å². The molecule has 146 valence electrons. The first-order valence-electron chi connectivity index (χ1n) is 9.41. The molecule has 0 radical (unpaired) electrons. The van der Waals surface area contributed by atoms with E-state index in [4.69, 9.17) is 21.3 Å². The third-order valence-corrected chi connectivity index (χ3v) is 6.03. The van der Waals surface area contributed by atoms with E-state index in [1.54, 1.807) is 7.11 Å². The molecule has 0 unspecified atom stereocenters. The fraction of sp³-hybridized carbons (Fsp3) is 0.333. The van der Waals surface area contributed by atoms with E-state index >= 15 is 0 Å². The van der Waals surface area contributed by atoms with E-state index in [2.05, 4.69) is 26.3 Å². The van der Waals surface area contributed by atoms with Crippen molar-refractivity contribution < 1.29 is 4.74 Å². The molecule has 5 nitrogen and oxygen atoms in total. The summed E-state index contributed by atoms with van der Waals surface area (Å²) in [5, 5.41) is 1.70. The van der Waals surface area contributed by atoms with Crippen LogP contribution in [0.3, 0.4) is 0 Å². The van der Waals surface area contributed by atoms with Gasteiger partial charge in [0, 0.05) is 54.8 Å². The summed E-state index contributed by atoms with van der Waals surface area (Å²) in [6.45, 7) is 5.12. The van der Waals surface area contributed by atoms with Gasteiger partial charge in [0.25, 0.3) is 0 Å². The normalized spacial score (nSPS) is 15.0. The highest BCUT2D eigenvalue weighted by Crippen LogP contribution is 2.26. The fourth-order valence-corrected chi connectivity index (χ4v) is 4.26. The highest BCUT2D eigenvalue weighted by Gasteiger charge is 2.20. The zero-order valence-corrected chi connectivity index (χ0v) is 17.4. The van der Waals surface area contributed by atoms with Crippen LogP contribution in [-0.2, 0) is 6.42 Å². The van der Waals surface area contributed by atoms with E-state index in [1.807, 2.05) is 36.4 Å². The second-order valence-electron chi connectivity index (χ2n) is 6.84. The Morgan fingerprint density at radius 1 is 1.07 bits per heavy atom. The lowest BCUT2D eigenvalue weighted by Gasteiger charge is -2.34. The van der Waals surface area contributed by atoms with Crippen molar-refractivity contribution in [1.82, 2.24) is 14.3 Å². The molecule has 0 saturated carbocycles. The van der Waals surface area contributed by atoms with Crippen molar-refractivity contribution in [3.63, 3.8) is 0 Å². The van der Waals surface area contributed by atoms with Crippen LogP contribution in [0.4, 0.5) is 5.13 Å². The minimum Gasteiger partial charge on any atom is -0.497 e. The Labute approximate surface area is 174 Å². The van der Waals surface area contributed by atoms with E-state index in [1.165, 1.54) is 17.1 Å². The third-order valence-electron chi connectivity index (χ3n) is 5.02. The summed E-state index contributed by atoms with van der Waals surface area (Å²) in [6.07, 6.45) is 1.06. The van der Waals surface area contributed by atoms with Gasteiger partial charge < -0.3 is 9.64 Å². The number of benzene rings is 2. The summed E-state index contributed by atoms with van der Waals surface area (Å²) in [7, 11) is 1.70. The summed E-state index contributed by atoms with van der Waals surface area (Å²) in [5.41, 5.74) is 2.31. The average molecular weight is 415 g/mol. The maximum atomic E-state index is 6.08. The molecular weight excluding hydrogens is 392 g/mol. The topological polar surface area (TPSA) is 41.5 Å². The molecule has 0 atom stereocenters. The molecular formula is C21H23ClN4OS. The van der Waals surface area contributed by atoms with Crippen LogP contribution in [0.2, 0.25) is 5.02 Å². The molecule has 1 aromatic heterocycles. The highest BCUT2D eigenvalue weighted by atomic mass is 35.5. The smallest absolute Gasteiger partial charge is 0.205 e. The molecule has 7 heteroatoms. The quantitative estimate of drug-likeness (QED) is 0.603. The summed E-state index contributed by atoms with van der Waals surface area (Å²) >= 11 is 7.54. The van der Waals surface area contributed by atoms with Gasteiger partial charge in [-0.3, -0.25) is 4.90 Å². The Balaban J connectivity index is 1.29. The predicted molar refractivity (Wildman–Crippen MR) is 116 cm³/mol. The Morgan fingerprint density at radius 3 is 2.57 bits per heavy atom. The Kier molecular flexibility index (Phi) is 6.10.